The van der Waals surface area contributed by atoms with Crippen LogP contribution in [0.15, 0.2) is 71.9 Å². The Morgan fingerprint density at radius 2 is 1.78 bits per heavy atom. The van der Waals surface area contributed by atoms with E-state index in [9.17, 15) is 4.79 Å². The highest BCUT2D eigenvalue weighted by Crippen LogP contribution is 2.29. The smallest absolute Gasteiger partial charge is 0.195 e. The first-order valence-corrected chi connectivity index (χ1v) is 9.66. The van der Waals surface area contributed by atoms with Gasteiger partial charge in [-0.15, -0.1) is 0 Å². The van der Waals surface area contributed by atoms with E-state index in [2.05, 4.69) is 9.71 Å². The van der Waals surface area contributed by atoms with Gasteiger partial charge < -0.3 is 9.46 Å². The number of ether oxygens (including phenoxy) is 1. The van der Waals surface area contributed by atoms with Crippen LogP contribution in [-0.4, -0.2) is 16.9 Å². The van der Waals surface area contributed by atoms with Gasteiger partial charge in [-0.1, -0.05) is 11.6 Å². The monoisotopic (exact) mass is 398 g/mol. The summed E-state index contributed by atoms with van der Waals surface area (Å²) in [5.74, 6) is 0.720. The second kappa shape index (κ2) is 8.93. The van der Waals surface area contributed by atoms with Crippen molar-refractivity contribution in [3.63, 3.8) is 0 Å². The van der Waals surface area contributed by atoms with Gasteiger partial charge in [-0.2, -0.15) is 0 Å². The number of ketones is 1. The molecular formula is C21H19ClN2O2S. The first-order valence-electron chi connectivity index (χ1n) is 8.47. The Bertz CT molecular complexity index is 915. The number of nitrogens with one attached hydrogen (secondary N) is 1. The highest BCUT2D eigenvalue weighted by Gasteiger charge is 2.14. The van der Waals surface area contributed by atoms with Crippen molar-refractivity contribution in [2.75, 3.05) is 4.72 Å². The molecule has 0 radical (unpaired) electrons. The maximum Gasteiger partial charge on any atom is 0.195 e. The summed E-state index contributed by atoms with van der Waals surface area (Å²) in [4.78, 5) is 17.8. The zero-order valence-corrected chi connectivity index (χ0v) is 16.6. The summed E-state index contributed by atoms with van der Waals surface area (Å²) in [6.07, 6.45) is 3.33. The third-order valence-corrected chi connectivity index (χ3v) is 4.71. The van der Waals surface area contributed by atoms with E-state index in [1.807, 2.05) is 38.1 Å². The summed E-state index contributed by atoms with van der Waals surface area (Å²) in [6.45, 7) is 3.98. The van der Waals surface area contributed by atoms with Crippen LogP contribution in [0.2, 0.25) is 5.02 Å². The van der Waals surface area contributed by atoms with Crippen molar-refractivity contribution in [2.45, 2.75) is 24.8 Å². The van der Waals surface area contributed by atoms with Crippen molar-refractivity contribution >= 4 is 35.0 Å². The number of benzene rings is 2. The van der Waals surface area contributed by atoms with Crippen LogP contribution in [0.4, 0.5) is 5.69 Å². The number of aromatic nitrogens is 1. The number of pyridine rings is 1. The van der Waals surface area contributed by atoms with Gasteiger partial charge in [0, 0.05) is 33.4 Å². The fourth-order valence-electron chi connectivity index (χ4n) is 2.42. The van der Waals surface area contributed by atoms with Gasteiger partial charge in [0.1, 0.15) is 5.75 Å². The average molecular weight is 399 g/mol. The van der Waals surface area contributed by atoms with E-state index >= 15 is 0 Å². The molecule has 0 bridgehead atoms. The normalized spacial score (nSPS) is 10.7. The molecule has 0 amide bonds. The van der Waals surface area contributed by atoms with Crippen molar-refractivity contribution in [1.82, 2.24) is 4.98 Å². The Labute approximate surface area is 168 Å². The first-order chi connectivity index (χ1) is 13.0. The Morgan fingerprint density at radius 1 is 1.07 bits per heavy atom. The molecule has 0 fully saturated rings. The van der Waals surface area contributed by atoms with Crippen LogP contribution in [-0.2, 0) is 0 Å². The molecule has 0 aliphatic heterocycles. The van der Waals surface area contributed by atoms with Gasteiger partial charge in [0.2, 0.25) is 0 Å². The van der Waals surface area contributed by atoms with Crippen LogP contribution in [0, 0.1) is 0 Å². The minimum atomic E-state index is -0.108. The van der Waals surface area contributed by atoms with Gasteiger partial charge >= 0.3 is 0 Å². The fraction of sp³-hybridized carbons (Fsp3) is 0.143. The summed E-state index contributed by atoms with van der Waals surface area (Å²) in [7, 11) is 0. The van der Waals surface area contributed by atoms with Crippen molar-refractivity contribution in [3.05, 3.63) is 83.1 Å². The SMILES string of the molecule is CC(C)Oc1ccc(SNc2ccc(Cl)cc2C(=O)c2ccncc2)cc1. The molecule has 6 heteroatoms. The molecule has 0 aliphatic rings. The van der Waals surface area contributed by atoms with Gasteiger partial charge in [0.15, 0.2) is 5.78 Å². The van der Waals surface area contributed by atoms with Crippen molar-refractivity contribution < 1.29 is 9.53 Å². The molecule has 1 aromatic heterocycles. The average Bonchev–Trinajstić information content (AvgIpc) is 2.68. The third kappa shape index (κ3) is 5.25. The van der Waals surface area contributed by atoms with Gasteiger partial charge in [-0.25, -0.2) is 0 Å². The van der Waals surface area contributed by atoms with Crippen LogP contribution in [0.25, 0.3) is 0 Å². The zero-order chi connectivity index (χ0) is 19.2. The molecule has 0 spiro atoms. The van der Waals surface area contributed by atoms with E-state index in [-0.39, 0.29) is 11.9 Å². The van der Waals surface area contributed by atoms with Gasteiger partial charge in [0.05, 0.1) is 11.8 Å². The van der Waals surface area contributed by atoms with Crippen molar-refractivity contribution in [3.8, 4) is 5.75 Å². The lowest BCUT2D eigenvalue weighted by Gasteiger charge is -2.12. The molecule has 0 saturated heterocycles. The number of rotatable bonds is 7. The van der Waals surface area contributed by atoms with Crippen LogP contribution in [0.5, 0.6) is 5.75 Å². The van der Waals surface area contributed by atoms with Gasteiger partial charge in [-0.05, 0) is 80.4 Å². The lowest BCUT2D eigenvalue weighted by Crippen LogP contribution is -2.05. The number of hydrogen-bond donors (Lipinski definition) is 1. The first kappa shape index (κ1) is 19.3. The van der Waals surface area contributed by atoms with E-state index in [0.717, 1.165) is 10.6 Å². The molecule has 0 unspecified atom stereocenters. The quantitative estimate of drug-likeness (QED) is 0.398. The predicted molar refractivity (Wildman–Crippen MR) is 111 cm³/mol. The Kier molecular flexibility index (Phi) is 6.37. The largest absolute Gasteiger partial charge is 0.491 e. The summed E-state index contributed by atoms with van der Waals surface area (Å²) >= 11 is 7.53. The zero-order valence-electron chi connectivity index (χ0n) is 15.0. The maximum atomic E-state index is 12.8. The third-order valence-electron chi connectivity index (χ3n) is 3.64. The van der Waals surface area contributed by atoms with E-state index in [1.54, 1.807) is 42.7 Å². The van der Waals surface area contributed by atoms with E-state index in [1.165, 1.54) is 11.9 Å². The number of carbonyl (C=O) groups is 1. The standard InChI is InChI=1S/C21H19ClN2O2S/c1-14(2)26-17-4-6-18(7-5-17)27-24-20-8-3-16(22)13-19(20)21(25)15-9-11-23-12-10-15/h3-14,24H,1-2H3. The maximum absolute atomic E-state index is 12.8. The summed E-state index contributed by atoms with van der Waals surface area (Å²) < 4.78 is 8.90. The molecule has 27 heavy (non-hydrogen) atoms. The second-order valence-electron chi connectivity index (χ2n) is 6.10. The van der Waals surface area contributed by atoms with Gasteiger partial charge in [-0.3, -0.25) is 9.78 Å². The summed E-state index contributed by atoms with van der Waals surface area (Å²) in [6, 6.07) is 16.4. The molecule has 3 rings (SSSR count). The molecule has 3 aromatic rings. The number of nitrogens with zero attached hydrogens (tertiary/aromatic N) is 1. The summed E-state index contributed by atoms with van der Waals surface area (Å²) in [5.41, 5.74) is 1.78. The molecule has 0 atom stereocenters. The molecule has 0 saturated carbocycles. The highest BCUT2D eigenvalue weighted by atomic mass is 35.5. The lowest BCUT2D eigenvalue weighted by atomic mass is 10.0. The minimum Gasteiger partial charge on any atom is -0.491 e. The Hall–Kier alpha value is -2.50. The van der Waals surface area contributed by atoms with E-state index < -0.39 is 0 Å². The Balaban J connectivity index is 1.76. The number of carbonyl (C=O) groups excluding carboxylic acids is 1. The molecule has 2 aromatic carbocycles. The summed E-state index contributed by atoms with van der Waals surface area (Å²) in [5, 5.41) is 0.512. The van der Waals surface area contributed by atoms with Crippen LogP contribution < -0.4 is 9.46 Å². The van der Waals surface area contributed by atoms with Crippen molar-refractivity contribution in [2.24, 2.45) is 0 Å². The lowest BCUT2D eigenvalue weighted by molar-refractivity contribution is 0.103. The van der Waals surface area contributed by atoms with Gasteiger partial charge in [0.25, 0.3) is 0 Å². The van der Waals surface area contributed by atoms with E-state index in [4.69, 9.17) is 16.3 Å². The van der Waals surface area contributed by atoms with E-state index in [0.29, 0.717) is 21.8 Å². The van der Waals surface area contributed by atoms with Crippen LogP contribution in [0.1, 0.15) is 29.8 Å². The number of anilines is 1. The van der Waals surface area contributed by atoms with Crippen molar-refractivity contribution in [1.29, 1.82) is 0 Å². The highest BCUT2D eigenvalue weighted by molar-refractivity contribution is 8.00. The number of halogens is 1. The Morgan fingerprint density at radius 3 is 2.44 bits per heavy atom. The topological polar surface area (TPSA) is 51.2 Å². The van der Waals surface area contributed by atoms with Crippen LogP contribution >= 0.6 is 23.5 Å². The molecule has 1 N–H and O–H groups in total. The molecule has 138 valence electrons. The van der Waals surface area contributed by atoms with Crippen LogP contribution in [0.3, 0.4) is 0 Å². The second-order valence-corrected chi connectivity index (χ2v) is 7.41. The molecule has 0 aliphatic carbocycles. The molecule has 1 heterocycles. The predicted octanol–water partition coefficient (Wildman–Crippen LogP) is 5.87. The molecule has 4 nitrogen and oxygen atoms in total. The molecular weight excluding hydrogens is 380 g/mol. The fourth-order valence-corrected chi connectivity index (χ4v) is 3.27. The minimum absolute atomic E-state index is 0.108. The number of hydrogen-bond acceptors (Lipinski definition) is 5.